The molecule has 1 atom stereocenters. The largest absolute Gasteiger partial charge is 0.341 e. The summed E-state index contributed by atoms with van der Waals surface area (Å²) in [7, 11) is 3.60. The van der Waals surface area contributed by atoms with Crippen molar-refractivity contribution in [3.8, 4) is 0 Å². The molecule has 1 aliphatic carbocycles. The number of amides is 1. The Hall–Kier alpha value is -0.740. The van der Waals surface area contributed by atoms with Crippen molar-refractivity contribution >= 4 is 29.1 Å². The van der Waals surface area contributed by atoms with Gasteiger partial charge in [0.1, 0.15) is 4.33 Å². The lowest BCUT2D eigenvalue weighted by molar-refractivity contribution is -0.135. The summed E-state index contributed by atoms with van der Waals surface area (Å²) in [5, 5.41) is 4.06. The van der Waals surface area contributed by atoms with Crippen LogP contribution in [0.4, 0.5) is 0 Å². The van der Waals surface area contributed by atoms with Gasteiger partial charge in [-0.1, -0.05) is 0 Å². The van der Waals surface area contributed by atoms with E-state index < -0.39 is 9.75 Å². The van der Waals surface area contributed by atoms with E-state index >= 15 is 0 Å². The minimum Gasteiger partial charge on any atom is -0.341 e. The summed E-state index contributed by atoms with van der Waals surface area (Å²) in [4.78, 5) is 13.8. The smallest absolute Gasteiger partial charge is 0.231 e. The SMILES string of the molecule is CN(Cc1cnn(C)c1)C(=O)[C@@]1(C)CC1(Cl)Cl. The first-order chi connectivity index (χ1) is 7.76. The maximum Gasteiger partial charge on any atom is 0.231 e. The van der Waals surface area contributed by atoms with Gasteiger partial charge in [0.25, 0.3) is 0 Å². The number of carbonyl (C=O) groups excluding carboxylic acids is 1. The molecule has 17 heavy (non-hydrogen) atoms. The van der Waals surface area contributed by atoms with Gasteiger partial charge in [0.15, 0.2) is 0 Å². The normalized spacial score (nSPS) is 25.7. The van der Waals surface area contributed by atoms with Crippen LogP contribution in [0.2, 0.25) is 0 Å². The van der Waals surface area contributed by atoms with Gasteiger partial charge in [-0.15, -0.1) is 23.2 Å². The molecule has 0 N–H and O–H groups in total. The molecule has 1 fully saturated rings. The lowest BCUT2D eigenvalue weighted by atomic mass is 10.1. The topological polar surface area (TPSA) is 38.1 Å². The van der Waals surface area contributed by atoms with E-state index in [4.69, 9.17) is 23.2 Å². The van der Waals surface area contributed by atoms with E-state index in [1.807, 2.05) is 13.2 Å². The second kappa shape index (κ2) is 3.89. The minimum atomic E-state index is -0.909. The van der Waals surface area contributed by atoms with Crippen LogP contribution in [0.3, 0.4) is 0 Å². The number of carbonyl (C=O) groups is 1. The Morgan fingerprint density at radius 1 is 1.65 bits per heavy atom. The van der Waals surface area contributed by atoms with Crippen LogP contribution in [0.5, 0.6) is 0 Å². The Labute approximate surface area is 110 Å². The molecule has 0 spiro atoms. The van der Waals surface area contributed by atoms with E-state index in [1.165, 1.54) is 0 Å². The third-order valence-corrected chi connectivity index (χ3v) is 4.36. The van der Waals surface area contributed by atoms with Gasteiger partial charge in [-0.2, -0.15) is 5.10 Å². The fraction of sp³-hybridized carbons (Fsp3) is 0.636. The van der Waals surface area contributed by atoms with Crippen LogP contribution >= 0.6 is 23.2 Å². The fourth-order valence-corrected chi connectivity index (χ4v) is 2.65. The summed E-state index contributed by atoms with van der Waals surface area (Å²) in [5.74, 6) is -0.0219. The summed E-state index contributed by atoms with van der Waals surface area (Å²) < 4.78 is 0.799. The maximum absolute atomic E-state index is 12.2. The Morgan fingerprint density at radius 2 is 2.24 bits per heavy atom. The number of halogens is 2. The van der Waals surface area contributed by atoms with Crippen molar-refractivity contribution in [3.05, 3.63) is 18.0 Å². The van der Waals surface area contributed by atoms with Crippen molar-refractivity contribution in [1.29, 1.82) is 0 Å². The standard InChI is InChI=1S/C11H15Cl2N3O/c1-10(7-11(10,12)13)9(17)15(2)5-8-4-14-16(3)6-8/h4,6H,5,7H2,1-3H3/t10-/m1/s1. The predicted molar refractivity (Wildman–Crippen MR) is 66.8 cm³/mol. The van der Waals surface area contributed by atoms with E-state index in [0.29, 0.717) is 13.0 Å². The number of alkyl halides is 2. The van der Waals surface area contributed by atoms with Crippen molar-refractivity contribution in [2.45, 2.75) is 24.2 Å². The molecule has 0 aromatic carbocycles. The maximum atomic E-state index is 12.2. The first kappa shape index (κ1) is 12.7. The first-order valence-corrected chi connectivity index (χ1v) is 6.13. The summed E-state index contributed by atoms with van der Waals surface area (Å²) in [6, 6.07) is 0. The van der Waals surface area contributed by atoms with Gasteiger partial charge in [-0.3, -0.25) is 9.48 Å². The molecular weight excluding hydrogens is 261 g/mol. The van der Waals surface area contributed by atoms with Crippen LogP contribution in [0.25, 0.3) is 0 Å². The first-order valence-electron chi connectivity index (χ1n) is 5.37. The second-order valence-corrected chi connectivity index (χ2v) is 6.38. The summed E-state index contributed by atoms with van der Waals surface area (Å²) in [5.41, 5.74) is 0.343. The van der Waals surface area contributed by atoms with E-state index in [-0.39, 0.29) is 5.91 Å². The van der Waals surface area contributed by atoms with Crippen LogP contribution in [-0.2, 0) is 18.4 Å². The summed E-state index contributed by atoms with van der Waals surface area (Å²) >= 11 is 12.0. The second-order valence-electron chi connectivity index (χ2n) is 4.90. The molecule has 1 aliphatic rings. The quantitative estimate of drug-likeness (QED) is 0.791. The van der Waals surface area contributed by atoms with Gasteiger partial charge in [-0.25, -0.2) is 0 Å². The highest BCUT2D eigenvalue weighted by molar-refractivity contribution is 6.53. The Morgan fingerprint density at radius 3 is 2.65 bits per heavy atom. The molecule has 1 heterocycles. The average Bonchev–Trinajstić information content (AvgIpc) is 2.58. The number of rotatable bonds is 3. The van der Waals surface area contributed by atoms with Crippen molar-refractivity contribution in [1.82, 2.24) is 14.7 Å². The highest BCUT2D eigenvalue weighted by Crippen LogP contribution is 2.64. The third-order valence-electron chi connectivity index (χ3n) is 3.25. The van der Waals surface area contributed by atoms with Crippen LogP contribution in [0.1, 0.15) is 18.9 Å². The van der Waals surface area contributed by atoms with Gasteiger partial charge < -0.3 is 4.90 Å². The van der Waals surface area contributed by atoms with E-state index in [1.54, 1.807) is 29.7 Å². The molecule has 94 valence electrons. The lowest BCUT2D eigenvalue weighted by Gasteiger charge is -2.21. The third kappa shape index (κ3) is 2.16. The molecule has 0 radical (unpaired) electrons. The van der Waals surface area contributed by atoms with Crippen molar-refractivity contribution in [2.75, 3.05) is 7.05 Å². The summed E-state index contributed by atoms with van der Waals surface area (Å²) in [6.45, 7) is 2.32. The molecule has 1 saturated carbocycles. The molecule has 0 aliphatic heterocycles. The average molecular weight is 276 g/mol. The molecular formula is C11H15Cl2N3O. The van der Waals surface area contributed by atoms with E-state index in [0.717, 1.165) is 5.56 Å². The Bertz CT molecular complexity index is 457. The van der Waals surface area contributed by atoms with Gasteiger partial charge in [-0.05, 0) is 13.3 Å². The van der Waals surface area contributed by atoms with Crippen LogP contribution in [0, 0.1) is 5.41 Å². The zero-order valence-corrected chi connectivity index (χ0v) is 11.6. The van der Waals surface area contributed by atoms with Gasteiger partial charge in [0.05, 0.1) is 11.6 Å². The van der Waals surface area contributed by atoms with Crippen LogP contribution < -0.4 is 0 Å². The molecule has 1 aromatic heterocycles. The highest BCUT2D eigenvalue weighted by Gasteiger charge is 2.68. The van der Waals surface area contributed by atoms with Crippen molar-refractivity contribution in [2.24, 2.45) is 12.5 Å². The Kier molecular flexibility index (Phi) is 2.91. The number of aryl methyl sites for hydroxylation is 1. The number of nitrogens with zero attached hydrogens (tertiary/aromatic N) is 3. The van der Waals surface area contributed by atoms with Gasteiger partial charge >= 0.3 is 0 Å². The highest BCUT2D eigenvalue weighted by atomic mass is 35.5. The number of hydrogen-bond donors (Lipinski definition) is 0. The van der Waals surface area contributed by atoms with E-state index in [2.05, 4.69) is 5.10 Å². The molecule has 4 nitrogen and oxygen atoms in total. The van der Waals surface area contributed by atoms with Crippen LogP contribution in [-0.4, -0.2) is 32.0 Å². The van der Waals surface area contributed by atoms with Crippen molar-refractivity contribution in [3.63, 3.8) is 0 Å². The van der Waals surface area contributed by atoms with Gasteiger partial charge in [0, 0.05) is 32.4 Å². The molecule has 1 amide bonds. The fourth-order valence-electron chi connectivity index (χ4n) is 1.95. The Balaban J connectivity index is 2.02. The van der Waals surface area contributed by atoms with Crippen LogP contribution in [0.15, 0.2) is 12.4 Å². The molecule has 1 aromatic rings. The monoisotopic (exact) mass is 275 g/mol. The molecule has 6 heteroatoms. The minimum absolute atomic E-state index is 0.0219. The number of hydrogen-bond acceptors (Lipinski definition) is 2. The molecule has 0 unspecified atom stereocenters. The van der Waals surface area contributed by atoms with Crippen molar-refractivity contribution < 1.29 is 4.79 Å². The summed E-state index contributed by atoms with van der Waals surface area (Å²) in [6.07, 6.45) is 4.14. The molecule has 0 bridgehead atoms. The molecule has 0 saturated heterocycles. The lowest BCUT2D eigenvalue weighted by Crippen LogP contribution is -2.34. The molecule has 2 rings (SSSR count). The van der Waals surface area contributed by atoms with Gasteiger partial charge in [0.2, 0.25) is 5.91 Å². The zero-order valence-electron chi connectivity index (χ0n) is 10.1. The van der Waals surface area contributed by atoms with E-state index in [9.17, 15) is 4.79 Å². The predicted octanol–water partition coefficient (Wildman–Crippen LogP) is 1.96. The number of aromatic nitrogens is 2. The zero-order chi connectivity index (χ0) is 12.8.